The lowest BCUT2D eigenvalue weighted by Gasteiger charge is -2.13. The summed E-state index contributed by atoms with van der Waals surface area (Å²) in [7, 11) is 0. The highest BCUT2D eigenvalue weighted by molar-refractivity contribution is 5.98. The van der Waals surface area contributed by atoms with Gasteiger partial charge in [-0.1, -0.05) is 0 Å². The Bertz CT molecular complexity index is 528. The van der Waals surface area contributed by atoms with Gasteiger partial charge in [0.2, 0.25) is 5.91 Å². The van der Waals surface area contributed by atoms with Crippen LogP contribution in [0.2, 0.25) is 0 Å². The first kappa shape index (κ1) is 17.5. The monoisotopic (exact) mass is 307 g/mol. The second-order valence-corrected chi connectivity index (χ2v) is 4.51. The van der Waals surface area contributed by atoms with Gasteiger partial charge in [0.05, 0.1) is 6.61 Å². The number of hydrogen-bond donors (Lipinski definition) is 3. The molecule has 1 aromatic rings. The van der Waals surface area contributed by atoms with Crippen LogP contribution in [0.15, 0.2) is 24.3 Å². The first-order valence-electron chi connectivity index (χ1n) is 7.10. The molecule has 0 fully saturated rings. The van der Waals surface area contributed by atoms with Crippen LogP contribution in [-0.2, 0) is 9.53 Å². The Kier molecular flexibility index (Phi) is 6.88. The summed E-state index contributed by atoms with van der Waals surface area (Å²) in [6.07, 6.45) is -0.551. The number of amides is 3. The third-order valence-electron chi connectivity index (χ3n) is 2.76. The second kappa shape index (κ2) is 8.66. The molecule has 0 saturated carbocycles. The number of rotatable bonds is 6. The average Bonchev–Trinajstić information content (AvgIpc) is 2.48. The predicted octanol–water partition coefficient (Wildman–Crippen LogP) is 1.51. The molecule has 1 rings (SSSR count). The lowest BCUT2D eigenvalue weighted by atomic mass is 10.2. The molecule has 0 aliphatic carbocycles. The van der Waals surface area contributed by atoms with Crippen molar-refractivity contribution in [3.63, 3.8) is 0 Å². The van der Waals surface area contributed by atoms with Crippen molar-refractivity contribution < 1.29 is 19.1 Å². The normalized spacial score (nSPS) is 11.2. The van der Waals surface area contributed by atoms with Crippen molar-refractivity contribution in [1.29, 1.82) is 0 Å². The van der Waals surface area contributed by atoms with E-state index in [-0.39, 0.29) is 18.4 Å². The highest BCUT2D eigenvalue weighted by Gasteiger charge is 2.15. The minimum atomic E-state index is -0.621. The molecule has 0 saturated heterocycles. The molecule has 0 aliphatic rings. The number of likely N-dealkylation sites (N-methyl/N-ethyl adjacent to an activating group) is 1. The van der Waals surface area contributed by atoms with E-state index in [9.17, 15) is 14.4 Å². The van der Waals surface area contributed by atoms with E-state index in [1.54, 1.807) is 38.1 Å². The van der Waals surface area contributed by atoms with E-state index < -0.39 is 12.1 Å². The molecule has 0 unspecified atom stereocenters. The van der Waals surface area contributed by atoms with Gasteiger partial charge in [-0.3, -0.25) is 14.9 Å². The molecule has 0 heterocycles. The fourth-order valence-corrected chi connectivity index (χ4v) is 1.66. The summed E-state index contributed by atoms with van der Waals surface area (Å²) in [6.45, 7) is 5.92. The molecule has 1 aromatic carbocycles. The molecule has 7 nitrogen and oxygen atoms in total. The lowest BCUT2D eigenvalue weighted by Crippen LogP contribution is -2.44. The molecule has 120 valence electrons. The van der Waals surface area contributed by atoms with Crippen LogP contribution in [0, 0.1) is 0 Å². The number of anilines is 1. The molecule has 0 aromatic heterocycles. The Balaban J connectivity index is 2.60. The van der Waals surface area contributed by atoms with Gasteiger partial charge >= 0.3 is 6.09 Å². The minimum Gasteiger partial charge on any atom is -0.450 e. The molecule has 1 atom stereocenters. The quantitative estimate of drug-likeness (QED) is 0.742. The Morgan fingerprint density at radius 3 is 2.32 bits per heavy atom. The van der Waals surface area contributed by atoms with Gasteiger partial charge in [-0.05, 0) is 45.0 Å². The summed E-state index contributed by atoms with van der Waals surface area (Å²) >= 11 is 0. The summed E-state index contributed by atoms with van der Waals surface area (Å²) in [4.78, 5) is 34.8. The minimum absolute atomic E-state index is 0.239. The van der Waals surface area contributed by atoms with Crippen LogP contribution in [0.5, 0.6) is 0 Å². The maximum Gasteiger partial charge on any atom is 0.411 e. The zero-order valence-electron chi connectivity index (χ0n) is 12.9. The first-order valence-corrected chi connectivity index (χ1v) is 7.10. The van der Waals surface area contributed by atoms with Gasteiger partial charge in [0, 0.05) is 17.8 Å². The van der Waals surface area contributed by atoms with Gasteiger partial charge in [-0.15, -0.1) is 0 Å². The molecule has 0 spiro atoms. The largest absolute Gasteiger partial charge is 0.450 e. The van der Waals surface area contributed by atoms with Gasteiger partial charge in [-0.25, -0.2) is 4.79 Å². The lowest BCUT2D eigenvalue weighted by molar-refractivity contribution is -0.122. The van der Waals surface area contributed by atoms with Crippen molar-refractivity contribution in [1.82, 2.24) is 10.6 Å². The Morgan fingerprint density at radius 2 is 1.77 bits per heavy atom. The number of hydrogen-bond acceptors (Lipinski definition) is 4. The standard InChI is InChI=1S/C15H21N3O4/c1-4-16-13(19)10(3)17-14(20)11-6-8-12(9-7-11)18-15(21)22-5-2/h6-10H,4-5H2,1-3H3,(H,16,19)(H,17,20)(H,18,21)/t10-/m1/s1. The summed E-state index contributed by atoms with van der Waals surface area (Å²) < 4.78 is 4.75. The smallest absolute Gasteiger partial charge is 0.411 e. The SMILES string of the molecule is CCNC(=O)[C@@H](C)NC(=O)c1ccc(NC(=O)OCC)cc1. The van der Waals surface area contributed by atoms with Crippen molar-refractivity contribution in [2.45, 2.75) is 26.8 Å². The van der Waals surface area contributed by atoms with Crippen molar-refractivity contribution in [2.24, 2.45) is 0 Å². The molecular formula is C15H21N3O4. The number of benzene rings is 1. The predicted molar refractivity (Wildman–Crippen MR) is 82.7 cm³/mol. The second-order valence-electron chi connectivity index (χ2n) is 4.51. The number of ether oxygens (including phenoxy) is 1. The van der Waals surface area contributed by atoms with Crippen LogP contribution >= 0.6 is 0 Å². The van der Waals surface area contributed by atoms with Crippen molar-refractivity contribution in [2.75, 3.05) is 18.5 Å². The van der Waals surface area contributed by atoms with Crippen molar-refractivity contribution in [3.8, 4) is 0 Å². The molecule has 3 N–H and O–H groups in total. The number of carbonyl (C=O) groups excluding carboxylic acids is 3. The zero-order valence-corrected chi connectivity index (χ0v) is 12.9. The van der Waals surface area contributed by atoms with E-state index in [2.05, 4.69) is 16.0 Å². The van der Waals surface area contributed by atoms with Crippen LogP contribution in [-0.4, -0.2) is 37.1 Å². The van der Waals surface area contributed by atoms with Gasteiger partial charge < -0.3 is 15.4 Å². The summed E-state index contributed by atoms with van der Waals surface area (Å²) in [5, 5.41) is 7.76. The fourth-order valence-electron chi connectivity index (χ4n) is 1.66. The highest BCUT2D eigenvalue weighted by Crippen LogP contribution is 2.10. The Hall–Kier alpha value is -2.57. The molecule has 3 amide bonds. The van der Waals surface area contributed by atoms with Gasteiger partial charge in [-0.2, -0.15) is 0 Å². The van der Waals surface area contributed by atoms with Crippen LogP contribution in [0.3, 0.4) is 0 Å². The first-order chi connectivity index (χ1) is 10.5. The number of carbonyl (C=O) groups is 3. The fraction of sp³-hybridized carbons (Fsp3) is 0.400. The number of nitrogens with one attached hydrogen (secondary N) is 3. The molecule has 0 aliphatic heterocycles. The molecule has 0 radical (unpaired) electrons. The maximum atomic E-state index is 12.0. The van der Waals surface area contributed by atoms with E-state index in [1.807, 2.05) is 6.92 Å². The van der Waals surface area contributed by atoms with Crippen molar-refractivity contribution >= 4 is 23.6 Å². The van der Waals surface area contributed by atoms with E-state index in [4.69, 9.17) is 4.74 Å². The topological polar surface area (TPSA) is 96.5 Å². The van der Waals surface area contributed by atoms with Crippen LogP contribution in [0.4, 0.5) is 10.5 Å². The Morgan fingerprint density at radius 1 is 1.14 bits per heavy atom. The average molecular weight is 307 g/mol. The van der Waals surface area contributed by atoms with E-state index in [1.165, 1.54) is 0 Å². The van der Waals surface area contributed by atoms with E-state index in [0.29, 0.717) is 17.8 Å². The van der Waals surface area contributed by atoms with Gasteiger partial charge in [0.25, 0.3) is 5.91 Å². The van der Waals surface area contributed by atoms with Gasteiger partial charge in [0.15, 0.2) is 0 Å². The van der Waals surface area contributed by atoms with E-state index in [0.717, 1.165) is 0 Å². The summed E-state index contributed by atoms with van der Waals surface area (Å²) in [5.41, 5.74) is 0.914. The van der Waals surface area contributed by atoms with Crippen LogP contribution < -0.4 is 16.0 Å². The van der Waals surface area contributed by atoms with Gasteiger partial charge in [0.1, 0.15) is 6.04 Å². The zero-order chi connectivity index (χ0) is 16.5. The maximum absolute atomic E-state index is 12.0. The van der Waals surface area contributed by atoms with Crippen LogP contribution in [0.1, 0.15) is 31.1 Å². The third kappa shape index (κ3) is 5.43. The molecule has 22 heavy (non-hydrogen) atoms. The van der Waals surface area contributed by atoms with Crippen molar-refractivity contribution in [3.05, 3.63) is 29.8 Å². The Labute approximate surface area is 129 Å². The molecule has 7 heteroatoms. The third-order valence-corrected chi connectivity index (χ3v) is 2.76. The van der Waals surface area contributed by atoms with Crippen LogP contribution in [0.25, 0.3) is 0 Å². The summed E-state index contributed by atoms with van der Waals surface area (Å²) in [5.74, 6) is -0.599. The molecular weight excluding hydrogens is 286 g/mol. The summed E-state index contributed by atoms with van der Waals surface area (Å²) in [6, 6.07) is 5.67. The van der Waals surface area contributed by atoms with E-state index >= 15 is 0 Å². The molecule has 0 bridgehead atoms. The highest BCUT2D eigenvalue weighted by atomic mass is 16.5.